The number of carbonyl (C=O) groups is 1. The standard InChI is InChI=1S/C25H31N3O3S/c1-18(2)32(30,31)22-10-8-20(9-11-22)16-25(29)27-14-12-21(13-15-27)17-28-19(3)26-23-6-4-5-7-24(23)28/h4-11,18,21H,12-17H2,1-3H3. The molecule has 1 aromatic heterocycles. The first-order valence-corrected chi connectivity index (χ1v) is 12.8. The Labute approximate surface area is 190 Å². The molecule has 170 valence electrons. The SMILES string of the molecule is Cc1nc2ccccc2n1CC1CCN(C(=O)Cc2ccc(S(=O)(=O)C(C)C)cc2)CC1. The molecule has 1 fully saturated rings. The minimum absolute atomic E-state index is 0.104. The molecular formula is C25H31N3O3S. The maximum Gasteiger partial charge on any atom is 0.226 e. The highest BCUT2D eigenvalue weighted by molar-refractivity contribution is 7.92. The van der Waals surface area contributed by atoms with Crippen LogP contribution in [0.5, 0.6) is 0 Å². The van der Waals surface area contributed by atoms with E-state index in [4.69, 9.17) is 0 Å². The predicted octanol–water partition coefficient (Wildman–Crippen LogP) is 4.01. The van der Waals surface area contributed by atoms with Crippen LogP contribution in [-0.2, 0) is 27.6 Å². The van der Waals surface area contributed by atoms with E-state index >= 15 is 0 Å². The average molecular weight is 454 g/mol. The van der Waals surface area contributed by atoms with Crippen molar-refractivity contribution in [1.82, 2.24) is 14.5 Å². The van der Waals surface area contributed by atoms with Gasteiger partial charge in [0.25, 0.3) is 0 Å². The number of aryl methyl sites for hydroxylation is 1. The van der Waals surface area contributed by atoms with E-state index in [2.05, 4.69) is 22.5 Å². The van der Waals surface area contributed by atoms with E-state index in [9.17, 15) is 13.2 Å². The Bertz CT molecular complexity index is 1200. The third-order valence-corrected chi connectivity index (χ3v) is 8.65. The molecule has 4 rings (SSSR count). The number of carbonyl (C=O) groups excluding carboxylic acids is 1. The fraction of sp³-hybridized carbons (Fsp3) is 0.440. The third kappa shape index (κ3) is 4.58. The summed E-state index contributed by atoms with van der Waals surface area (Å²) in [7, 11) is -3.29. The number of aromatic nitrogens is 2. The number of likely N-dealkylation sites (tertiary alicyclic amines) is 1. The van der Waals surface area contributed by atoms with Crippen molar-refractivity contribution in [2.75, 3.05) is 13.1 Å². The topological polar surface area (TPSA) is 72.3 Å². The van der Waals surface area contributed by atoms with Crippen molar-refractivity contribution in [3.8, 4) is 0 Å². The van der Waals surface area contributed by atoms with Gasteiger partial charge in [0.2, 0.25) is 5.91 Å². The lowest BCUT2D eigenvalue weighted by Gasteiger charge is -2.32. The number of nitrogens with zero attached hydrogens (tertiary/aromatic N) is 3. The summed E-state index contributed by atoms with van der Waals surface area (Å²) in [4.78, 5) is 19.7. The second kappa shape index (κ2) is 9.06. The molecule has 1 saturated heterocycles. The van der Waals surface area contributed by atoms with Crippen LogP contribution in [-0.4, -0.2) is 47.1 Å². The largest absolute Gasteiger partial charge is 0.342 e. The summed E-state index contributed by atoms with van der Waals surface area (Å²) < 4.78 is 26.8. The zero-order valence-corrected chi connectivity index (χ0v) is 19.8. The summed E-state index contributed by atoms with van der Waals surface area (Å²) in [6.45, 7) is 7.85. The lowest BCUT2D eigenvalue weighted by Crippen LogP contribution is -2.40. The summed E-state index contributed by atoms with van der Waals surface area (Å²) in [5.74, 6) is 1.66. The Kier molecular flexibility index (Phi) is 6.38. The van der Waals surface area contributed by atoms with Crippen LogP contribution in [0.15, 0.2) is 53.4 Å². The monoisotopic (exact) mass is 453 g/mol. The summed E-state index contributed by atoms with van der Waals surface area (Å²) in [6, 6.07) is 15.0. The number of hydrogen-bond acceptors (Lipinski definition) is 4. The molecule has 1 aliphatic rings. The van der Waals surface area contributed by atoms with Gasteiger partial charge in [-0.2, -0.15) is 0 Å². The van der Waals surface area contributed by atoms with Crippen LogP contribution in [0.4, 0.5) is 0 Å². The van der Waals surface area contributed by atoms with Gasteiger partial charge in [-0.25, -0.2) is 13.4 Å². The van der Waals surface area contributed by atoms with Crippen molar-refractivity contribution in [3.63, 3.8) is 0 Å². The van der Waals surface area contributed by atoms with Gasteiger partial charge in [-0.1, -0.05) is 24.3 Å². The van der Waals surface area contributed by atoms with Gasteiger partial charge in [-0.15, -0.1) is 0 Å². The number of fused-ring (bicyclic) bond motifs is 1. The van der Waals surface area contributed by atoms with Crippen molar-refractivity contribution in [2.24, 2.45) is 5.92 Å². The van der Waals surface area contributed by atoms with Gasteiger partial charge in [0.1, 0.15) is 5.82 Å². The zero-order valence-electron chi connectivity index (χ0n) is 19.0. The van der Waals surface area contributed by atoms with Crippen LogP contribution < -0.4 is 0 Å². The fourth-order valence-corrected chi connectivity index (χ4v) is 5.46. The number of sulfone groups is 1. The van der Waals surface area contributed by atoms with E-state index in [1.54, 1.807) is 38.1 Å². The van der Waals surface area contributed by atoms with Gasteiger partial charge in [-0.05, 0) is 69.4 Å². The zero-order chi connectivity index (χ0) is 22.9. The molecule has 0 aliphatic carbocycles. The Morgan fingerprint density at radius 2 is 1.72 bits per heavy atom. The molecule has 1 aliphatic heterocycles. The van der Waals surface area contributed by atoms with E-state index in [0.717, 1.165) is 49.4 Å². The molecule has 2 heterocycles. The average Bonchev–Trinajstić information content (AvgIpc) is 3.09. The van der Waals surface area contributed by atoms with Gasteiger partial charge >= 0.3 is 0 Å². The molecule has 0 saturated carbocycles. The van der Waals surface area contributed by atoms with Crippen molar-refractivity contribution in [3.05, 3.63) is 59.9 Å². The Balaban J connectivity index is 1.33. The van der Waals surface area contributed by atoms with Gasteiger partial charge in [0.15, 0.2) is 9.84 Å². The number of benzene rings is 2. The van der Waals surface area contributed by atoms with E-state index in [1.807, 2.05) is 23.1 Å². The minimum Gasteiger partial charge on any atom is -0.342 e. The number of hydrogen-bond donors (Lipinski definition) is 0. The molecule has 0 radical (unpaired) electrons. The van der Waals surface area contributed by atoms with Crippen LogP contribution in [0, 0.1) is 12.8 Å². The van der Waals surface area contributed by atoms with Crippen LogP contribution in [0.1, 0.15) is 38.1 Å². The number of amides is 1. The number of rotatable bonds is 6. The van der Waals surface area contributed by atoms with Crippen molar-refractivity contribution in [1.29, 1.82) is 0 Å². The molecule has 0 atom stereocenters. The van der Waals surface area contributed by atoms with Crippen LogP contribution >= 0.6 is 0 Å². The summed E-state index contributed by atoms with van der Waals surface area (Å²) in [5.41, 5.74) is 3.05. The maximum absolute atomic E-state index is 12.8. The molecular weight excluding hydrogens is 422 g/mol. The molecule has 2 aromatic carbocycles. The highest BCUT2D eigenvalue weighted by atomic mass is 32.2. The molecule has 6 nitrogen and oxygen atoms in total. The summed E-state index contributed by atoms with van der Waals surface area (Å²) >= 11 is 0. The minimum atomic E-state index is -3.29. The van der Waals surface area contributed by atoms with E-state index in [0.29, 0.717) is 17.2 Å². The van der Waals surface area contributed by atoms with Crippen molar-refractivity contribution >= 4 is 26.8 Å². The maximum atomic E-state index is 12.8. The van der Waals surface area contributed by atoms with E-state index < -0.39 is 15.1 Å². The normalized spacial score (nSPS) is 15.6. The first-order valence-electron chi connectivity index (χ1n) is 11.3. The van der Waals surface area contributed by atoms with E-state index in [1.165, 1.54) is 5.52 Å². The lowest BCUT2D eigenvalue weighted by atomic mass is 9.96. The molecule has 0 spiro atoms. The van der Waals surface area contributed by atoms with Gasteiger partial charge in [-0.3, -0.25) is 4.79 Å². The van der Waals surface area contributed by atoms with Crippen molar-refractivity contribution < 1.29 is 13.2 Å². The first-order chi connectivity index (χ1) is 15.3. The predicted molar refractivity (Wildman–Crippen MR) is 126 cm³/mol. The van der Waals surface area contributed by atoms with Crippen molar-refractivity contribution in [2.45, 2.75) is 56.7 Å². The van der Waals surface area contributed by atoms with Gasteiger partial charge in [0, 0.05) is 19.6 Å². The molecule has 0 unspecified atom stereocenters. The molecule has 0 bridgehead atoms. The lowest BCUT2D eigenvalue weighted by molar-refractivity contribution is -0.131. The summed E-state index contributed by atoms with van der Waals surface area (Å²) in [6.07, 6.45) is 2.25. The quantitative estimate of drug-likeness (QED) is 0.565. The second-order valence-electron chi connectivity index (χ2n) is 9.00. The Morgan fingerprint density at radius 3 is 2.38 bits per heavy atom. The van der Waals surface area contributed by atoms with E-state index in [-0.39, 0.29) is 5.91 Å². The second-order valence-corrected chi connectivity index (χ2v) is 11.5. The number of imidazole rings is 1. The molecule has 3 aromatic rings. The van der Waals surface area contributed by atoms with Gasteiger partial charge < -0.3 is 9.47 Å². The summed E-state index contributed by atoms with van der Waals surface area (Å²) in [5, 5.41) is -0.458. The Hall–Kier alpha value is -2.67. The van der Waals surface area contributed by atoms with Crippen LogP contribution in [0.3, 0.4) is 0 Å². The first kappa shape index (κ1) is 22.5. The molecule has 1 amide bonds. The highest BCUT2D eigenvalue weighted by Crippen LogP contribution is 2.24. The number of piperidine rings is 1. The molecule has 0 N–H and O–H groups in total. The third-order valence-electron chi connectivity index (χ3n) is 6.48. The number of para-hydroxylation sites is 2. The van der Waals surface area contributed by atoms with Crippen LogP contribution in [0.2, 0.25) is 0 Å². The molecule has 7 heteroatoms. The van der Waals surface area contributed by atoms with Crippen LogP contribution in [0.25, 0.3) is 11.0 Å². The molecule has 32 heavy (non-hydrogen) atoms. The Morgan fingerprint density at radius 1 is 1.06 bits per heavy atom. The highest BCUT2D eigenvalue weighted by Gasteiger charge is 2.24. The van der Waals surface area contributed by atoms with Gasteiger partial charge in [0.05, 0.1) is 27.6 Å². The smallest absolute Gasteiger partial charge is 0.226 e. The fourth-order valence-electron chi connectivity index (χ4n) is 4.41.